The van der Waals surface area contributed by atoms with Crippen molar-refractivity contribution in [2.24, 2.45) is 17.3 Å². The van der Waals surface area contributed by atoms with Gasteiger partial charge in [0.2, 0.25) is 5.78 Å². The van der Waals surface area contributed by atoms with E-state index in [1.54, 1.807) is 0 Å². The van der Waals surface area contributed by atoms with Gasteiger partial charge < -0.3 is 4.74 Å². The summed E-state index contributed by atoms with van der Waals surface area (Å²) in [5.74, 6) is 0.427. The number of rotatable bonds is 4. The van der Waals surface area contributed by atoms with Crippen molar-refractivity contribution in [1.29, 1.82) is 0 Å². The monoisotopic (exact) mass is 318 g/mol. The molecule has 1 aliphatic carbocycles. The lowest BCUT2D eigenvalue weighted by atomic mass is 9.64. The molecule has 20 heavy (non-hydrogen) atoms. The molecule has 2 bridgehead atoms. The first-order chi connectivity index (χ1) is 9.16. The SMILES string of the molecule is [CH2]CCC(Cl)(Cl)C(=O)[C]1OC2CCC1CC2C(C)(C)C. The van der Waals surface area contributed by atoms with Crippen LogP contribution in [0.25, 0.3) is 0 Å². The Hall–Kier alpha value is 0.210. The van der Waals surface area contributed by atoms with E-state index >= 15 is 0 Å². The molecule has 2 saturated heterocycles. The van der Waals surface area contributed by atoms with Crippen LogP contribution >= 0.6 is 23.2 Å². The third-order valence-corrected chi connectivity index (χ3v) is 5.32. The van der Waals surface area contributed by atoms with E-state index in [9.17, 15) is 4.79 Å². The maximum atomic E-state index is 12.5. The van der Waals surface area contributed by atoms with Crippen molar-refractivity contribution in [1.82, 2.24) is 0 Å². The number of carbonyl (C=O) groups excluding carboxylic acids is 1. The number of carbonyl (C=O) groups is 1. The van der Waals surface area contributed by atoms with Crippen LogP contribution in [-0.2, 0) is 9.53 Å². The second-order valence-electron chi connectivity index (χ2n) is 7.14. The smallest absolute Gasteiger partial charge is 0.204 e. The van der Waals surface area contributed by atoms with E-state index in [2.05, 4.69) is 27.7 Å². The van der Waals surface area contributed by atoms with E-state index in [0.717, 1.165) is 19.3 Å². The Morgan fingerprint density at radius 1 is 1.35 bits per heavy atom. The van der Waals surface area contributed by atoms with Crippen molar-refractivity contribution in [2.75, 3.05) is 0 Å². The summed E-state index contributed by atoms with van der Waals surface area (Å²) >= 11 is 12.3. The van der Waals surface area contributed by atoms with Gasteiger partial charge >= 0.3 is 0 Å². The van der Waals surface area contributed by atoms with Crippen LogP contribution in [0.15, 0.2) is 0 Å². The fourth-order valence-corrected chi connectivity index (χ4v) is 3.90. The van der Waals surface area contributed by atoms with Gasteiger partial charge in [0.05, 0.1) is 6.10 Å². The predicted octanol–water partition coefficient (Wildman–Crippen LogP) is 4.74. The molecule has 0 amide bonds. The van der Waals surface area contributed by atoms with Crippen LogP contribution in [0.2, 0.25) is 0 Å². The van der Waals surface area contributed by atoms with Crippen molar-refractivity contribution in [2.45, 2.75) is 63.3 Å². The summed E-state index contributed by atoms with van der Waals surface area (Å²) in [6.07, 6.45) is 4.57. The highest BCUT2D eigenvalue weighted by Gasteiger charge is 2.53. The van der Waals surface area contributed by atoms with Gasteiger partial charge in [-0.05, 0) is 49.4 Å². The molecule has 2 heterocycles. The highest BCUT2D eigenvalue weighted by Crippen LogP contribution is 2.52. The van der Waals surface area contributed by atoms with Gasteiger partial charge in [-0.15, -0.1) is 0 Å². The first-order valence-electron chi connectivity index (χ1n) is 7.42. The lowest BCUT2D eigenvalue weighted by Crippen LogP contribution is -2.51. The molecule has 0 aromatic rings. The molecule has 4 heteroatoms. The molecule has 3 unspecified atom stereocenters. The van der Waals surface area contributed by atoms with Crippen LogP contribution in [0.1, 0.15) is 52.9 Å². The van der Waals surface area contributed by atoms with E-state index in [-0.39, 0.29) is 23.2 Å². The molecule has 2 radical (unpaired) electrons. The Labute approximate surface area is 132 Å². The van der Waals surface area contributed by atoms with Gasteiger partial charge in [-0.3, -0.25) is 4.79 Å². The zero-order chi connectivity index (χ0) is 15.1. The maximum absolute atomic E-state index is 12.5. The van der Waals surface area contributed by atoms with Gasteiger partial charge in [0.15, 0.2) is 10.4 Å². The number of ether oxygens (including phenoxy) is 1. The summed E-state index contributed by atoms with van der Waals surface area (Å²) in [6.45, 7) is 10.4. The van der Waals surface area contributed by atoms with Crippen LogP contribution < -0.4 is 0 Å². The standard InChI is InChI=1S/C16H24Cl2O2/c1-5-8-16(17,18)14(19)13-10-6-7-12(20-13)11(9-10)15(2,3)4/h10-12H,1,5-9H2,2-4H3. The summed E-state index contributed by atoms with van der Waals surface area (Å²) in [5, 5.41) is 0. The zero-order valence-corrected chi connectivity index (χ0v) is 14.1. The Kier molecular flexibility index (Phi) is 4.79. The molecule has 3 aliphatic rings. The number of alkyl halides is 2. The predicted molar refractivity (Wildman–Crippen MR) is 82.4 cm³/mol. The molecular weight excluding hydrogens is 295 g/mol. The molecule has 3 atom stereocenters. The van der Waals surface area contributed by atoms with Crippen molar-refractivity contribution < 1.29 is 9.53 Å². The molecule has 3 fully saturated rings. The number of hydrogen-bond acceptors (Lipinski definition) is 2. The average molecular weight is 319 g/mol. The van der Waals surface area contributed by atoms with Gasteiger partial charge in [-0.2, -0.15) is 0 Å². The molecule has 0 aromatic heterocycles. The minimum Gasteiger partial charge on any atom is -0.360 e. The quantitative estimate of drug-likeness (QED) is 0.700. The van der Waals surface area contributed by atoms with Crippen LogP contribution in [0.3, 0.4) is 0 Å². The van der Waals surface area contributed by atoms with Crippen molar-refractivity contribution in [3.8, 4) is 0 Å². The minimum atomic E-state index is -1.38. The molecule has 0 aromatic carbocycles. The number of halogens is 2. The maximum Gasteiger partial charge on any atom is 0.204 e. The molecule has 2 aliphatic heterocycles. The Morgan fingerprint density at radius 3 is 2.45 bits per heavy atom. The fourth-order valence-electron chi connectivity index (χ4n) is 3.45. The molecule has 114 valence electrons. The Bertz CT molecular complexity index is 373. The molecule has 1 saturated carbocycles. The van der Waals surface area contributed by atoms with Gasteiger partial charge in [-0.1, -0.05) is 50.9 Å². The summed E-state index contributed by atoms with van der Waals surface area (Å²) in [6, 6.07) is 0. The van der Waals surface area contributed by atoms with Crippen LogP contribution in [0.5, 0.6) is 0 Å². The Balaban J connectivity index is 2.10. The summed E-state index contributed by atoms with van der Waals surface area (Å²) in [4.78, 5) is 12.5. The molecule has 0 N–H and O–H groups in total. The van der Waals surface area contributed by atoms with E-state index < -0.39 is 4.33 Å². The molecule has 2 nitrogen and oxygen atoms in total. The molecular formula is C16H24Cl2O2. The summed E-state index contributed by atoms with van der Waals surface area (Å²) in [5.41, 5.74) is 0.199. The minimum absolute atomic E-state index is 0.128. The second kappa shape index (κ2) is 5.78. The van der Waals surface area contributed by atoms with Gasteiger partial charge in [-0.25, -0.2) is 0 Å². The molecule has 0 spiro atoms. The third kappa shape index (κ3) is 3.18. The highest BCUT2D eigenvalue weighted by atomic mass is 35.5. The second-order valence-corrected chi connectivity index (χ2v) is 8.62. The number of hydrogen-bond donors (Lipinski definition) is 0. The highest BCUT2D eigenvalue weighted by molar-refractivity contribution is 6.59. The average Bonchev–Trinajstić information content (AvgIpc) is 2.37. The van der Waals surface area contributed by atoms with E-state index in [1.165, 1.54) is 0 Å². The molecule has 3 rings (SSSR count). The lowest BCUT2D eigenvalue weighted by Gasteiger charge is -2.51. The normalized spacial score (nSPS) is 31.6. The van der Waals surface area contributed by atoms with E-state index in [0.29, 0.717) is 24.9 Å². The lowest BCUT2D eigenvalue weighted by molar-refractivity contribution is -0.151. The van der Waals surface area contributed by atoms with Gasteiger partial charge in [0.25, 0.3) is 0 Å². The van der Waals surface area contributed by atoms with Crippen molar-refractivity contribution >= 4 is 29.0 Å². The topological polar surface area (TPSA) is 26.3 Å². The van der Waals surface area contributed by atoms with E-state index in [4.69, 9.17) is 27.9 Å². The fraction of sp³-hybridized carbons (Fsp3) is 0.812. The van der Waals surface area contributed by atoms with Gasteiger partial charge in [0.1, 0.15) is 0 Å². The van der Waals surface area contributed by atoms with Gasteiger partial charge in [0, 0.05) is 0 Å². The van der Waals surface area contributed by atoms with Crippen LogP contribution in [-0.4, -0.2) is 16.2 Å². The summed E-state index contributed by atoms with van der Waals surface area (Å²) in [7, 11) is 0. The largest absolute Gasteiger partial charge is 0.360 e. The van der Waals surface area contributed by atoms with Crippen LogP contribution in [0.4, 0.5) is 0 Å². The van der Waals surface area contributed by atoms with E-state index in [1.807, 2.05) is 0 Å². The van der Waals surface area contributed by atoms with Crippen molar-refractivity contribution in [3.63, 3.8) is 0 Å². The first-order valence-corrected chi connectivity index (χ1v) is 8.18. The first kappa shape index (κ1) is 16.6. The number of fused-ring (bicyclic) bond motifs is 3. The van der Waals surface area contributed by atoms with Crippen molar-refractivity contribution in [3.05, 3.63) is 13.0 Å². The summed E-state index contributed by atoms with van der Waals surface area (Å²) < 4.78 is 4.61. The number of ketones is 1. The van der Waals surface area contributed by atoms with Crippen LogP contribution in [0, 0.1) is 30.3 Å². The zero-order valence-electron chi connectivity index (χ0n) is 12.5. The Morgan fingerprint density at radius 2 is 2.00 bits per heavy atom. The number of Topliss-reactive ketones (excluding diaryl/α,β-unsaturated/α-hetero) is 1. The third-order valence-electron chi connectivity index (χ3n) is 4.60.